The maximum absolute atomic E-state index is 15.3. The van der Waals surface area contributed by atoms with E-state index < -0.39 is 5.82 Å². The molecule has 0 aliphatic carbocycles. The number of nitrogens with zero attached hydrogens (tertiary/aromatic N) is 6. The molecule has 9 nitrogen and oxygen atoms in total. The number of likely N-dealkylation sites (N-methyl/N-ethyl adjacent to an activating group) is 2. The molecule has 4 heterocycles. The van der Waals surface area contributed by atoms with E-state index in [0.717, 1.165) is 72.2 Å². The number of aromatic nitrogens is 1. The number of thiophene rings is 1. The van der Waals surface area contributed by atoms with Crippen LogP contribution in [0.4, 0.5) is 14.9 Å². The summed E-state index contributed by atoms with van der Waals surface area (Å²) in [4.78, 5) is 41.6. The second-order valence-electron chi connectivity index (χ2n) is 13.1. The Morgan fingerprint density at radius 3 is 2.42 bits per heavy atom. The molecule has 0 unspecified atom stereocenters. The molecule has 3 aromatic carbocycles. The zero-order chi connectivity index (χ0) is 34.6. The van der Waals surface area contributed by atoms with Gasteiger partial charge < -0.3 is 14.5 Å². The Morgan fingerprint density at radius 2 is 1.66 bits per heavy atom. The van der Waals surface area contributed by atoms with Crippen LogP contribution in [0.2, 0.25) is 0 Å². The van der Waals surface area contributed by atoms with Gasteiger partial charge in [0.25, 0.3) is 0 Å². The predicted octanol–water partition coefficient (Wildman–Crippen LogP) is 6.59. The Balaban J connectivity index is 0.968. The Kier molecular flexibility index (Phi) is 10.2. The van der Waals surface area contributed by atoms with Crippen LogP contribution in [0.15, 0.2) is 91.1 Å². The first-order chi connectivity index (χ1) is 24.3. The first kappa shape index (κ1) is 33.8. The number of amides is 3. The minimum absolute atomic E-state index is 0.0530. The third kappa shape index (κ3) is 7.71. The van der Waals surface area contributed by atoms with Crippen LogP contribution in [0, 0.1) is 5.82 Å². The summed E-state index contributed by atoms with van der Waals surface area (Å²) in [5.74, 6) is -0.391. The number of carbonyl (C=O) groups excluding carboxylic acids is 2. The number of benzene rings is 3. The second kappa shape index (κ2) is 15.1. The number of halogens is 1. The number of ether oxygens (including phenoxy) is 1. The molecule has 0 spiro atoms. The van der Waals surface area contributed by atoms with E-state index in [4.69, 9.17) is 4.74 Å². The Hall–Kier alpha value is -4.68. The summed E-state index contributed by atoms with van der Waals surface area (Å²) in [5.41, 5.74) is 4.34. The van der Waals surface area contributed by atoms with E-state index in [-0.39, 0.29) is 30.7 Å². The zero-order valence-electron chi connectivity index (χ0n) is 28.4. The number of hydrogen-bond acceptors (Lipinski definition) is 8. The van der Waals surface area contributed by atoms with Crippen LogP contribution in [-0.2, 0) is 17.8 Å². The number of imide groups is 1. The third-order valence-corrected chi connectivity index (χ3v) is 10.6. The van der Waals surface area contributed by atoms with Gasteiger partial charge in [0.05, 0.1) is 16.6 Å². The van der Waals surface area contributed by atoms with Crippen LogP contribution in [0.3, 0.4) is 0 Å². The predicted molar refractivity (Wildman–Crippen MR) is 196 cm³/mol. The highest BCUT2D eigenvalue weighted by Crippen LogP contribution is 2.39. The van der Waals surface area contributed by atoms with Gasteiger partial charge in [-0.1, -0.05) is 48.5 Å². The maximum Gasteiger partial charge on any atom is 0.331 e. The molecule has 2 fully saturated rings. The van der Waals surface area contributed by atoms with Gasteiger partial charge in [0.2, 0.25) is 5.91 Å². The van der Waals surface area contributed by atoms with Crippen LogP contribution < -0.4 is 9.64 Å². The van der Waals surface area contributed by atoms with Crippen LogP contribution in [0.5, 0.6) is 11.5 Å². The first-order valence-corrected chi connectivity index (χ1v) is 17.8. The first-order valence-electron chi connectivity index (χ1n) is 17.0. The Morgan fingerprint density at radius 1 is 0.900 bits per heavy atom. The highest BCUT2D eigenvalue weighted by molar-refractivity contribution is 7.22. The molecule has 0 saturated carbocycles. The van der Waals surface area contributed by atoms with Crippen molar-refractivity contribution in [3.63, 3.8) is 0 Å². The number of hydrogen-bond donors (Lipinski definition) is 0. The van der Waals surface area contributed by atoms with Gasteiger partial charge >= 0.3 is 6.03 Å². The van der Waals surface area contributed by atoms with Gasteiger partial charge in [0.1, 0.15) is 5.75 Å². The minimum atomic E-state index is -0.584. The fourth-order valence-corrected chi connectivity index (χ4v) is 7.50. The number of pyridine rings is 1. The number of rotatable bonds is 11. The van der Waals surface area contributed by atoms with Crippen molar-refractivity contribution in [1.29, 1.82) is 0 Å². The summed E-state index contributed by atoms with van der Waals surface area (Å²) in [6.07, 6.45) is 1.57. The van der Waals surface area contributed by atoms with Crippen LogP contribution in [0.25, 0.3) is 20.7 Å². The van der Waals surface area contributed by atoms with Crippen molar-refractivity contribution in [2.75, 3.05) is 71.4 Å². The van der Waals surface area contributed by atoms with Crippen molar-refractivity contribution in [1.82, 2.24) is 24.6 Å². The van der Waals surface area contributed by atoms with Gasteiger partial charge in [-0.2, -0.15) is 0 Å². The molecule has 5 aromatic rings. The molecule has 0 atom stereocenters. The number of anilines is 1. The molecule has 2 aliphatic heterocycles. The van der Waals surface area contributed by atoms with Crippen LogP contribution in [-0.4, -0.2) is 103 Å². The van der Waals surface area contributed by atoms with E-state index in [1.165, 1.54) is 22.6 Å². The molecule has 50 heavy (non-hydrogen) atoms. The highest BCUT2D eigenvalue weighted by atomic mass is 32.1. The van der Waals surface area contributed by atoms with Gasteiger partial charge in [-0.15, -0.1) is 11.3 Å². The lowest BCUT2D eigenvalue weighted by Gasteiger charge is -2.33. The molecule has 258 valence electrons. The maximum atomic E-state index is 15.3. The lowest BCUT2D eigenvalue weighted by Crippen LogP contribution is -2.46. The lowest BCUT2D eigenvalue weighted by atomic mass is 10.1. The summed E-state index contributed by atoms with van der Waals surface area (Å²) in [6, 6.07) is 25.8. The average Bonchev–Trinajstić information content (AvgIpc) is 3.74. The summed E-state index contributed by atoms with van der Waals surface area (Å²) in [6.45, 7) is 8.27. The normalized spacial score (nSPS) is 15.8. The minimum Gasteiger partial charge on any atom is -0.453 e. The summed E-state index contributed by atoms with van der Waals surface area (Å²) >= 11 is 1.55. The van der Waals surface area contributed by atoms with Gasteiger partial charge in [-0.3, -0.25) is 24.5 Å². The summed E-state index contributed by atoms with van der Waals surface area (Å²) in [5, 5.41) is 0. The van der Waals surface area contributed by atoms with Crippen molar-refractivity contribution in [2.24, 2.45) is 0 Å². The summed E-state index contributed by atoms with van der Waals surface area (Å²) < 4.78 is 22.2. The lowest BCUT2D eigenvalue weighted by molar-refractivity contribution is -0.126. The third-order valence-electron chi connectivity index (χ3n) is 9.41. The van der Waals surface area contributed by atoms with Crippen molar-refractivity contribution in [2.45, 2.75) is 13.0 Å². The second-order valence-corrected chi connectivity index (χ2v) is 14.1. The Labute approximate surface area is 296 Å². The van der Waals surface area contributed by atoms with Gasteiger partial charge in [0.15, 0.2) is 11.6 Å². The zero-order valence-corrected chi connectivity index (χ0v) is 29.2. The molecular formula is C39H41FN6O3S. The fraction of sp³-hybridized carbons (Fsp3) is 0.308. The van der Waals surface area contributed by atoms with Crippen molar-refractivity contribution >= 4 is 39.2 Å². The molecule has 0 N–H and O–H groups in total. The Bertz CT molecular complexity index is 1960. The van der Waals surface area contributed by atoms with Crippen molar-refractivity contribution in [3.8, 4) is 21.9 Å². The molecular weight excluding hydrogens is 652 g/mol. The molecule has 7 rings (SSSR count). The monoisotopic (exact) mass is 692 g/mol. The smallest absolute Gasteiger partial charge is 0.331 e. The molecule has 0 bridgehead atoms. The van der Waals surface area contributed by atoms with Gasteiger partial charge in [-0.05, 0) is 61.1 Å². The van der Waals surface area contributed by atoms with E-state index in [1.54, 1.807) is 34.6 Å². The molecule has 2 saturated heterocycles. The highest BCUT2D eigenvalue weighted by Gasteiger charge is 2.33. The number of fused-ring (bicyclic) bond motifs is 1. The van der Waals surface area contributed by atoms with E-state index in [9.17, 15) is 9.59 Å². The standard InChI is InChI=1S/C39H41FN6O3S/c1-42-16-19-44(20-17-42)21-18-43(2)27-28-8-11-30(12-9-28)36-26-33-38(50-36)35(14-15-41-33)49-34-13-10-29(24-32(34)40)25-37(47)46-23-22-45(39(46)48)31-6-4-3-5-7-31/h3-15,24,26H,16-23,25,27H2,1-2H3. The number of piperazine rings is 1. The van der Waals surface area contributed by atoms with Crippen LogP contribution in [0.1, 0.15) is 11.1 Å². The van der Waals surface area contributed by atoms with Crippen molar-refractivity contribution < 1.29 is 18.7 Å². The largest absolute Gasteiger partial charge is 0.453 e. The SMILES string of the molecule is CN1CCN(CCN(C)Cc2ccc(-c3cc4nccc(Oc5ccc(CC(=O)N6CCN(c7ccccc7)C6=O)cc5F)c4s3)cc2)CC1. The van der Waals surface area contributed by atoms with E-state index >= 15 is 4.39 Å². The molecule has 3 amide bonds. The van der Waals surface area contributed by atoms with Crippen molar-refractivity contribution in [3.05, 3.63) is 108 Å². The fourth-order valence-electron chi connectivity index (χ4n) is 6.43. The quantitative estimate of drug-likeness (QED) is 0.155. The van der Waals surface area contributed by atoms with E-state index in [0.29, 0.717) is 17.9 Å². The van der Waals surface area contributed by atoms with Gasteiger partial charge in [-0.25, -0.2) is 9.18 Å². The molecule has 2 aliphatic rings. The molecule has 11 heteroatoms. The average molecular weight is 693 g/mol. The number of urea groups is 1. The molecule has 2 aromatic heterocycles. The van der Waals surface area contributed by atoms with Gasteiger partial charge in [0, 0.05) is 81.7 Å². The van der Waals surface area contributed by atoms with E-state index in [1.807, 2.05) is 36.4 Å². The topological polar surface area (TPSA) is 72.5 Å². The van der Waals surface area contributed by atoms with Crippen LogP contribution >= 0.6 is 11.3 Å². The van der Waals surface area contributed by atoms with E-state index in [2.05, 4.69) is 58.0 Å². The molecule has 0 radical (unpaired) electrons. The number of para-hydroxylation sites is 1. The summed E-state index contributed by atoms with van der Waals surface area (Å²) in [7, 11) is 4.36. The number of carbonyl (C=O) groups is 2.